The van der Waals surface area contributed by atoms with Crippen molar-refractivity contribution in [3.8, 4) is 0 Å². The first-order valence-electron chi connectivity index (χ1n) is 10.5. The van der Waals surface area contributed by atoms with Crippen LogP contribution in [-0.4, -0.2) is 69.7 Å². The lowest BCUT2D eigenvalue weighted by molar-refractivity contribution is -0.134. The topological polar surface area (TPSA) is 95.5 Å². The molecule has 0 unspecified atom stereocenters. The van der Waals surface area contributed by atoms with Crippen LogP contribution in [0.3, 0.4) is 0 Å². The van der Waals surface area contributed by atoms with Crippen LogP contribution in [0.4, 0.5) is 0 Å². The molecule has 29 heavy (non-hydrogen) atoms. The monoisotopic (exact) mass is 403 g/mol. The van der Waals surface area contributed by atoms with Crippen molar-refractivity contribution in [1.82, 2.24) is 24.8 Å². The molecule has 0 N–H and O–H groups in total. The molecule has 2 aliphatic heterocycles. The van der Waals surface area contributed by atoms with Crippen LogP contribution in [0.1, 0.15) is 49.7 Å². The van der Waals surface area contributed by atoms with Crippen LogP contribution in [-0.2, 0) is 27.2 Å². The number of carbonyl (C=O) groups is 1. The summed E-state index contributed by atoms with van der Waals surface area (Å²) in [4.78, 5) is 18.8. The second-order valence-electron chi connectivity index (χ2n) is 7.66. The van der Waals surface area contributed by atoms with E-state index in [1.54, 1.807) is 10.9 Å². The molecule has 0 atom stereocenters. The Morgan fingerprint density at radius 2 is 2.03 bits per heavy atom. The van der Waals surface area contributed by atoms with Crippen molar-refractivity contribution in [3.05, 3.63) is 30.2 Å². The van der Waals surface area contributed by atoms with Gasteiger partial charge in [-0.05, 0) is 31.7 Å². The predicted molar refractivity (Wildman–Crippen MR) is 103 cm³/mol. The largest absolute Gasteiger partial charge is 0.381 e. The summed E-state index contributed by atoms with van der Waals surface area (Å²) in [6.07, 6.45) is 8.55. The van der Waals surface area contributed by atoms with Gasteiger partial charge in [0.15, 0.2) is 5.82 Å². The average molecular weight is 403 g/mol. The van der Waals surface area contributed by atoms with Gasteiger partial charge in [-0.15, -0.1) is 0 Å². The Bertz CT molecular complexity index is 749. The molecular weight excluding hydrogens is 374 g/mol. The molecule has 0 aliphatic carbocycles. The minimum Gasteiger partial charge on any atom is -0.381 e. The van der Waals surface area contributed by atoms with Gasteiger partial charge in [-0.25, -0.2) is 0 Å². The van der Waals surface area contributed by atoms with E-state index in [0.29, 0.717) is 37.7 Å². The molecule has 0 bridgehead atoms. The SMILES string of the molecule is O=C(CCn1cccn1)N1CCC(OCCc2noc(C3CCOCC3)n2)CC1. The third-order valence-electron chi connectivity index (χ3n) is 5.64. The molecule has 4 rings (SSSR count). The first kappa shape index (κ1) is 20.0. The number of hydrogen-bond donors (Lipinski definition) is 0. The average Bonchev–Trinajstić information content (AvgIpc) is 3.45. The Morgan fingerprint density at radius 1 is 1.21 bits per heavy atom. The molecular formula is C20H29N5O4. The number of hydrogen-bond acceptors (Lipinski definition) is 7. The summed E-state index contributed by atoms with van der Waals surface area (Å²) >= 11 is 0. The van der Waals surface area contributed by atoms with E-state index in [1.165, 1.54) is 0 Å². The zero-order chi connectivity index (χ0) is 19.9. The van der Waals surface area contributed by atoms with Gasteiger partial charge in [0.2, 0.25) is 11.8 Å². The number of nitrogens with zero attached hydrogens (tertiary/aromatic N) is 5. The van der Waals surface area contributed by atoms with Crippen molar-refractivity contribution >= 4 is 5.91 Å². The van der Waals surface area contributed by atoms with E-state index in [4.69, 9.17) is 14.0 Å². The lowest BCUT2D eigenvalue weighted by Crippen LogP contribution is -2.41. The highest BCUT2D eigenvalue weighted by atomic mass is 16.5. The fourth-order valence-electron chi connectivity index (χ4n) is 3.87. The van der Waals surface area contributed by atoms with E-state index in [9.17, 15) is 4.79 Å². The third-order valence-corrected chi connectivity index (χ3v) is 5.64. The van der Waals surface area contributed by atoms with Crippen molar-refractivity contribution in [2.24, 2.45) is 0 Å². The first-order valence-corrected chi connectivity index (χ1v) is 10.5. The highest BCUT2D eigenvalue weighted by Gasteiger charge is 2.24. The Labute approximate surface area is 170 Å². The van der Waals surface area contributed by atoms with Gasteiger partial charge in [0, 0.05) is 64.0 Å². The quantitative estimate of drug-likeness (QED) is 0.663. The summed E-state index contributed by atoms with van der Waals surface area (Å²) in [6.45, 7) is 4.22. The van der Waals surface area contributed by atoms with Gasteiger partial charge in [0.25, 0.3) is 0 Å². The van der Waals surface area contributed by atoms with Gasteiger partial charge in [-0.3, -0.25) is 9.48 Å². The highest BCUT2D eigenvalue weighted by Crippen LogP contribution is 2.25. The molecule has 4 heterocycles. The number of carbonyl (C=O) groups excluding carboxylic acids is 1. The number of aromatic nitrogens is 4. The molecule has 0 spiro atoms. The summed E-state index contributed by atoms with van der Waals surface area (Å²) in [5.41, 5.74) is 0. The lowest BCUT2D eigenvalue weighted by Gasteiger charge is -2.32. The Morgan fingerprint density at radius 3 is 2.79 bits per heavy atom. The molecule has 2 fully saturated rings. The van der Waals surface area contributed by atoms with Crippen LogP contribution >= 0.6 is 0 Å². The van der Waals surface area contributed by atoms with Crippen LogP contribution in [0.5, 0.6) is 0 Å². The number of piperidine rings is 1. The van der Waals surface area contributed by atoms with Gasteiger partial charge in [-0.2, -0.15) is 10.1 Å². The second-order valence-corrected chi connectivity index (χ2v) is 7.66. The molecule has 2 aromatic rings. The molecule has 2 aliphatic rings. The maximum absolute atomic E-state index is 12.3. The number of ether oxygens (including phenoxy) is 2. The molecule has 0 saturated carbocycles. The smallest absolute Gasteiger partial charge is 0.229 e. The maximum atomic E-state index is 12.3. The zero-order valence-corrected chi connectivity index (χ0v) is 16.7. The first-order chi connectivity index (χ1) is 14.3. The van der Waals surface area contributed by atoms with Crippen LogP contribution in [0.2, 0.25) is 0 Å². The van der Waals surface area contributed by atoms with Gasteiger partial charge in [0.05, 0.1) is 12.7 Å². The van der Waals surface area contributed by atoms with E-state index >= 15 is 0 Å². The molecule has 1 amide bonds. The van der Waals surface area contributed by atoms with Crippen molar-refractivity contribution < 1.29 is 18.8 Å². The van der Waals surface area contributed by atoms with Crippen molar-refractivity contribution in [2.45, 2.75) is 57.1 Å². The van der Waals surface area contributed by atoms with Crippen LogP contribution < -0.4 is 0 Å². The van der Waals surface area contributed by atoms with Gasteiger partial charge in [-0.1, -0.05) is 5.16 Å². The minimum absolute atomic E-state index is 0.186. The summed E-state index contributed by atoms with van der Waals surface area (Å²) < 4.78 is 18.6. The van der Waals surface area contributed by atoms with Crippen LogP contribution in [0.25, 0.3) is 0 Å². The fraction of sp³-hybridized carbons (Fsp3) is 0.700. The Hall–Kier alpha value is -2.26. The van der Waals surface area contributed by atoms with E-state index in [2.05, 4.69) is 15.2 Å². The van der Waals surface area contributed by atoms with E-state index in [1.807, 2.05) is 17.2 Å². The fourth-order valence-corrected chi connectivity index (χ4v) is 3.87. The van der Waals surface area contributed by atoms with E-state index < -0.39 is 0 Å². The van der Waals surface area contributed by atoms with Gasteiger partial charge >= 0.3 is 0 Å². The zero-order valence-electron chi connectivity index (χ0n) is 16.7. The predicted octanol–water partition coefficient (Wildman–Crippen LogP) is 1.80. The Kier molecular flexibility index (Phi) is 6.89. The normalized spacial score (nSPS) is 19.0. The van der Waals surface area contributed by atoms with Gasteiger partial charge < -0.3 is 18.9 Å². The van der Waals surface area contributed by atoms with E-state index in [-0.39, 0.29) is 12.0 Å². The highest BCUT2D eigenvalue weighted by molar-refractivity contribution is 5.76. The van der Waals surface area contributed by atoms with Crippen molar-refractivity contribution in [3.63, 3.8) is 0 Å². The molecule has 0 aromatic carbocycles. The van der Waals surface area contributed by atoms with Crippen LogP contribution in [0, 0.1) is 0 Å². The maximum Gasteiger partial charge on any atom is 0.229 e. The van der Waals surface area contributed by atoms with Crippen LogP contribution in [0.15, 0.2) is 23.0 Å². The number of rotatable bonds is 8. The minimum atomic E-state index is 0.186. The van der Waals surface area contributed by atoms with E-state index in [0.717, 1.165) is 57.9 Å². The summed E-state index contributed by atoms with van der Waals surface area (Å²) in [5.74, 6) is 1.94. The number of aryl methyl sites for hydroxylation is 1. The summed E-state index contributed by atoms with van der Waals surface area (Å²) in [6, 6.07) is 1.87. The van der Waals surface area contributed by atoms with Gasteiger partial charge in [0.1, 0.15) is 0 Å². The van der Waals surface area contributed by atoms with Crippen molar-refractivity contribution in [2.75, 3.05) is 32.9 Å². The molecule has 2 saturated heterocycles. The Balaban J connectivity index is 1.12. The summed E-state index contributed by atoms with van der Waals surface area (Å²) in [7, 11) is 0. The van der Waals surface area contributed by atoms with Crippen molar-refractivity contribution in [1.29, 1.82) is 0 Å². The summed E-state index contributed by atoms with van der Waals surface area (Å²) in [5, 5.41) is 8.22. The molecule has 2 aromatic heterocycles. The molecule has 9 heteroatoms. The third kappa shape index (κ3) is 5.63. The lowest BCUT2D eigenvalue weighted by atomic mass is 10.0. The number of amides is 1. The standard InChI is InChI=1S/C20H29N5O4/c26-19(4-12-25-9-1-8-21-25)24-10-2-17(3-11-24)28-15-7-18-22-20(29-23-18)16-5-13-27-14-6-16/h1,8-9,16-17H,2-7,10-15H2. The molecule has 0 radical (unpaired) electrons. The molecule has 158 valence electrons. The number of likely N-dealkylation sites (tertiary alicyclic amines) is 1. The second kappa shape index (κ2) is 9.98. The molecule has 9 nitrogen and oxygen atoms in total.